The van der Waals surface area contributed by atoms with E-state index in [4.69, 9.17) is 22.1 Å². The molecule has 0 atom stereocenters. The number of methoxy groups -OCH3 is 1. The van der Waals surface area contributed by atoms with E-state index in [9.17, 15) is 4.39 Å². The quantitative estimate of drug-likeness (QED) is 0.868. The van der Waals surface area contributed by atoms with Gasteiger partial charge < -0.3 is 10.5 Å². The maximum absolute atomic E-state index is 13.7. The lowest BCUT2D eigenvalue weighted by Crippen LogP contribution is -2.30. The SMILES string of the molecule is COCc1cc(Cl)c(F)c(C(C)(C)N)c1. The van der Waals surface area contributed by atoms with Gasteiger partial charge in [0.2, 0.25) is 0 Å². The molecule has 0 aliphatic carbocycles. The molecule has 0 spiro atoms. The largest absolute Gasteiger partial charge is 0.380 e. The predicted octanol–water partition coefficient (Wildman–Crippen LogP) is 2.82. The van der Waals surface area contributed by atoms with Crippen molar-refractivity contribution in [2.24, 2.45) is 5.73 Å². The number of hydrogen-bond acceptors (Lipinski definition) is 2. The third kappa shape index (κ3) is 2.91. The van der Waals surface area contributed by atoms with E-state index in [2.05, 4.69) is 0 Å². The minimum Gasteiger partial charge on any atom is -0.380 e. The molecule has 2 N–H and O–H groups in total. The highest BCUT2D eigenvalue weighted by atomic mass is 35.5. The van der Waals surface area contributed by atoms with Crippen LogP contribution in [0.3, 0.4) is 0 Å². The van der Waals surface area contributed by atoms with Crippen LogP contribution in [0, 0.1) is 5.82 Å². The molecule has 0 saturated carbocycles. The van der Waals surface area contributed by atoms with E-state index in [0.29, 0.717) is 12.2 Å². The monoisotopic (exact) mass is 231 g/mol. The van der Waals surface area contributed by atoms with Crippen molar-refractivity contribution in [3.63, 3.8) is 0 Å². The van der Waals surface area contributed by atoms with Crippen molar-refractivity contribution >= 4 is 11.6 Å². The molecule has 0 amide bonds. The highest BCUT2D eigenvalue weighted by molar-refractivity contribution is 6.30. The van der Waals surface area contributed by atoms with Crippen LogP contribution >= 0.6 is 11.6 Å². The Labute approximate surface area is 94.2 Å². The third-order valence-electron chi connectivity index (χ3n) is 2.09. The topological polar surface area (TPSA) is 35.2 Å². The Morgan fingerprint density at radius 3 is 2.53 bits per heavy atom. The van der Waals surface area contributed by atoms with Gasteiger partial charge in [-0.3, -0.25) is 0 Å². The van der Waals surface area contributed by atoms with Gasteiger partial charge in [-0.05, 0) is 31.5 Å². The first-order valence-electron chi connectivity index (χ1n) is 4.62. The van der Waals surface area contributed by atoms with E-state index in [-0.39, 0.29) is 5.02 Å². The molecular formula is C11H15ClFNO. The minimum absolute atomic E-state index is 0.0816. The fraction of sp³-hybridized carbons (Fsp3) is 0.455. The summed E-state index contributed by atoms with van der Waals surface area (Å²) in [6, 6.07) is 3.24. The zero-order chi connectivity index (χ0) is 11.6. The second-order valence-electron chi connectivity index (χ2n) is 4.09. The first-order valence-corrected chi connectivity index (χ1v) is 5.00. The van der Waals surface area contributed by atoms with Gasteiger partial charge in [0.15, 0.2) is 0 Å². The molecular weight excluding hydrogens is 217 g/mol. The fourth-order valence-corrected chi connectivity index (χ4v) is 1.61. The molecule has 1 rings (SSSR count). The molecule has 1 aromatic carbocycles. The van der Waals surface area contributed by atoms with Gasteiger partial charge in [0.25, 0.3) is 0 Å². The van der Waals surface area contributed by atoms with Crippen molar-refractivity contribution < 1.29 is 9.13 Å². The molecule has 0 saturated heterocycles. The van der Waals surface area contributed by atoms with Crippen LogP contribution in [0.4, 0.5) is 4.39 Å². The summed E-state index contributed by atoms with van der Waals surface area (Å²) in [7, 11) is 1.57. The van der Waals surface area contributed by atoms with E-state index in [1.165, 1.54) is 0 Å². The van der Waals surface area contributed by atoms with Crippen molar-refractivity contribution in [1.82, 2.24) is 0 Å². The Balaban J connectivity index is 3.25. The highest BCUT2D eigenvalue weighted by Gasteiger charge is 2.21. The fourth-order valence-electron chi connectivity index (χ4n) is 1.36. The van der Waals surface area contributed by atoms with Crippen molar-refractivity contribution in [1.29, 1.82) is 0 Å². The molecule has 15 heavy (non-hydrogen) atoms. The molecule has 4 heteroatoms. The summed E-state index contributed by atoms with van der Waals surface area (Å²) in [4.78, 5) is 0. The standard InChI is InChI=1S/C11H15ClFNO/c1-11(2,14)8-4-7(6-15-3)5-9(12)10(8)13/h4-5H,6,14H2,1-3H3. The lowest BCUT2D eigenvalue weighted by molar-refractivity contribution is 0.184. The molecule has 0 aromatic heterocycles. The van der Waals surface area contributed by atoms with E-state index in [1.807, 2.05) is 0 Å². The summed E-state index contributed by atoms with van der Waals surface area (Å²) in [6.07, 6.45) is 0. The number of benzene rings is 1. The molecule has 0 fully saturated rings. The summed E-state index contributed by atoms with van der Waals surface area (Å²) >= 11 is 5.77. The first kappa shape index (κ1) is 12.4. The third-order valence-corrected chi connectivity index (χ3v) is 2.37. The van der Waals surface area contributed by atoms with Crippen LogP contribution in [-0.4, -0.2) is 7.11 Å². The van der Waals surface area contributed by atoms with Gasteiger partial charge in [-0.1, -0.05) is 11.6 Å². The van der Waals surface area contributed by atoms with Crippen molar-refractivity contribution in [3.8, 4) is 0 Å². The Kier molecular flexibility index (Phi) is 3.71. The summed E-state index contributed by atoms with van der Waals surface area (Å²) in [5, 5.41) is 0.0816. The molecule has 1 aromatic rings. The maximum Gasteiger partial charge on any atom is 0.146 e. The van der Waals surface area contributed by atoms with Crippen LogP contribution < -0.4 is 5.73 Å². The molecule has 0 heterocycles. The van der Waals surface area contributed by atoms with Crippen molar-refractivity contribution in [2.75, 3.05) is 7.11 Å². The van der Waals surface area contributed by atoms with Gasteiger partial charge in [0, 0.05) is 18.2 Å². The average molecular weight is 232 g/mol. The van der Waals surface area contributed by atoms with Crippen LogP contribution in [0.15, 0.2) is 12.1 Å². The van der Waals surface area contributed by atoms with Crippen molar-refractivity contribution in [3.05, 3.63) is 34.1 Å². The number of hydrogen-bond donors (Lipinski definition) is 1. The molecule has 0 aliphatic rings. The summed E-state index contributed by atoms with van der Waals surface area (Å²) < 4.78 is 18.6. The molecule has 2 nitrogen and oxygen atoms in total. The van der Waals surface area contributed by atoms with E-state index < -0.39 is 11.4 Å². The first-order chi connectivity index (χ1) is 6.86. The summed E-state index contributed by atoms with van der Waals surface area (Å²) in [6.45, 7) is 3.86. The van der Waals surface area contributed by atoms with Gasteiger partial charge in [-0.2, -0.15) is 0 Å². The van der Waals surface area contributed by atoms with Gasteiger partial charge >= 0.3 is 0 Å². The van der Waals surface area contributed by atoms with Gasteiger partial charge in [-0.25, -0.2) is 4.39 Å². The Morgan fingerprint density at radius 1 is 1.47 bits per heavy atom. The molecule has 84 valence electrons. The number of halogens is 2. The summed E-state index contributed by atoms with van der Waals surface area (Å²) in [5.74, 6) is -0.455. The van der Waals surface area contributed by atoms with Crippen LogP contribution in [0.25, 0.3) is 0 Å². The number of rotatable bonds is 3. The normalized spacial score (nSPS) is 11.9. The molecule has 0 aliphatic heterocycles. The highest BCUT2D eigenvalue weighted by Crippen LogP contribution is 2.27. The van der Waals surface area contributed by atoms with Crippen LogP contribution in [0.2, 0.25) is 5.02 Å². The zero-order valence-electron chi connectivity index (χ0n) is 9.10. The summed E-state index contributed by atoms with van der Waals surface area (Å²) in [5.41, 5.74) is 6.32. The predicted molar refractivity (Wildman–Crippen MR) is 59.3 cm³/mol. The lowest BCUT2D eigenvalue weighted by atomic mass is 9.93. The van der Waals surface area contributed by atoms with Crippen LogP contribution in [0.5, 0.6) is 0 Å². The second kappa shape index (κ2) is 4.47. The Morgan fingerprint density at radius 2 is 2.07 bits per heavy atom. The van der Waals surface area contributed by atoms with Crippen molar-refractivity contribution in [2.45, 2.75) is 26.0 Å². The number of nitrogens with two attached hydrogens (primary N) is 1. The Hall–Kier alpha value is -0.640. The lowest BCUT2D eigenvalue weighted by Gasteiger charge is -2.21. The average Bonchev–Trinajstić information content (AvgIpc) is 2.09. The minimum atomic E-state index is -0.753. The van der Waals surface area contributed by atoms with Gasteiger partial charge in [0.05, 0.1) is 11.6 Å². The van der Waals surface area contributed by atoms with E-state index in [1.54, 1.807) is 33.1 Å². The Bertz CT molecular complexity index is 360. The number of ether oxygens (including phenoxy) is 1. The van der Waals surface area contributed by atoms with Gasteiger partial charge in [0.1, 0.15) is 5.82 Å². The molecule has 0 radical (unpaired) electrons. The van der Waals surface area contributed by atoms with Crippen LogP contribution in [0.1, 0.15) is 25.0 Å². The smallest absolute Gasteiger partial charge is 0.146 e. The van der Waals surface area contributed by atoms with E-state index >= 15 is 0 Å². The maximum atomic E-state index is 13.7. The zero-order valence-corrected chi connectivity index (χ0v) is 9.86. The molecule has 0 bridgehead atoms. The van der Waals surface area contributed by atoms with E-state index in [0.717, 1.165) is 5.56 Å². The van der Waals surface area contributed by atoms with Crippen LogP contribution in [-0.2, 0) is 16.9 Å². The second-order valence-corrected chi connectivity index (χ2v) is 4.50. The molecule has 0 unspecified atom stereocenters. The van der Waals surface area contributed by atoms with Gasteiger partial charge in [-0.15, -0.1) is 0 Å².